The summed E-state index contributed by atoms with van der Waals surface area (Å²) in [6, 6.07) is 0.520. The Kier molecular flexibility index (Phi) is 4.35. The van der Waals surface area contributed by atoms with E-state index in [9.17, 15) is 0 Å². The van der Waals surface area contributed by atoms with Gasteiger partial charge in [-0.05, 0) is 33.1 Å². The summed E-state index contributed by atoms with van der Waals surface area (Å²) in [6.45, 7) is 9.13. The number of nitrogens with one attached hydrogen (secondary N) is 1. The summed E-state index contributed by atoms with van der Waals surface area (Å²) < 4.78 is 10.7. The highest BCUT2D eigenvalue weighted by Gasteiger charge is 2.24. The van der Waals surface area contributed by atoms with Crippen LogP contribution in [-0.2, 0) is 9.47 Å². The van der Waals surface area contributed by atoms with E-state index in [-0.39, 0.29) is 5.60 Å². The smallest absolute Gasteiger partial charge is 0.0746 e. The summed E-state index contributed by atoms with van der Waals surface area (Å²) in [5.74, 6) is 0.669. The molecule has 0 aromatic rings. The Morgan fingerprint density at radius 3 is 2.79 bits per heavy atom. The molecule has 3 nitrogen and oxygen atoms in total. The van der Waals surface area contributed by atoms with Gasteiger partial charge in [0.05, 0.1) is 12.2 Å². The lowest BCUT2D eigenvalue weighted by Crippen LogP contribution is -2.43. The highest BCUT2D eigenvalue weighted by molar-refractivity contribution is 4.79. The summed E-state index contributed by atoms with van der Waals surface area (Å²) in [7, 11) is 1.75. The molecule has 0 saturated carbocycles. The van der Waals surface area contributed by atoms with Gasteiger partial charge in [-0.25, -0.2) is 0 Å². The first kappa shape index (κ1) is 12.0. The highest BCUT2D eigenvalue weighted by Crippen LogP contribution is 2.17. The van der Waals surface area contributed by atoms with Crippen molar-refractivity contribution in [1.82, 2.24) is 5.32 Å². The average molecular weight is 201 g/mol. The van der Waals surface area contributed by atoms with E-state index in [0.29, 0.717) is 12.0 Å². The first-order valence-electron chi connectivity index (χ1n) is 5.41. The molecule has 0 aliphatic carbocycles. The zero-order valence-corrected chi connectivity index (χ0v) is 9.80. The zero-order valence-electron chi connectivity index (χ0n) is 9.80. The van der Waals surface area contributed by atoms with Crippen LogP contribution in [0, 0.1) is 5.92 Å². The zero-order chi connectivity index (χ0) is 10.6. The van der Waals surface area contributed by atoms with Crippen LogP contribution in [0.2, 0.25) is 0 Å². The van der Waals surface area contributed by atoms with Crippen molar-refractivity contribution in [3.8, 4) is 0 Å². The van der Waals surface area contributed by atoms with Gasteiger partial charge in [-0.15, -0.1) is 0 Å². The lowest BCUT2D eigenvalue weighted by atomic mass is 10.00. The highest BCUT2D eigenvalue weighted by atomic mass is 16.5. The number of methoxy groups -OCH3 is 1. The number of ether oxygens (including phenoxy) is 2. The molecule has 1 N–H and O–H groups in total. The minimum absolute atomic E-state index is 0.0757. The van der Waals surface area contributed by atoms with Gasteiger partial charge in [0.2, 0.25) is 0 Å². The average Bonchev–Trinajstić information content (AvgIpc) is 2.67. The second-order valence-electron chi connectivity index (χ2n) is 4.76. The van der Waals surface area contributed by atoms with E-state index in [1.165, 1.54) is 6.42 Å². The van der Waals surface area contributed by atoms with Gasteiger partial charge in [0, 0.05) is 26.3 Å². The third kappa shape index (κ3) is 3.56. The van der Waals surface area contributed by atoms with Gasteiger partial charge in [-0.1, -0.05) is 0 Å². The Balaban J connectivity index is 2.23. The molecule has 1 rings (SSSR count). The van der Waals surface area contributed by atoms with E-state index < -0.39 is 0 Å². The molecule has 14 heavy (non-hydrogen) atoms. The first-order valence-corrected chi connectivity index (χ1v) is 5.41. The van der Waals surface area contributed by atoms with Crippen molar-refractivity contribution in [2.75, 3.05) is 26.9 Å². The summed E-state index contributed by atoms with van der Waals surface area (Å²) in [6.07, 6.45) is 1.18. The van der Waals surface area contributed by atoms with Crippen molar-refractivity contribution in [2.24, 2.45) is 5.92 Å². The Labute approximate surface area is 87.2 Å². The van der Waals surface area contributed by atoms with Crippen molar-refractivity contribution < 1.29 is 9.47 Å². The van der Waals surface area contributed by atoms with Gasteiger partial charge in [-0.3, -0.25) is 0 Å². The van der Waals surface area contributed by atoms with Crippen LogP contribution in [0.4, 0.5) is 0 Å². The van der Waals surface area contributed by atoms with Crippen molar-refractivity contribution in [3.63, 3.8) is 0 Å². The molecule has 0 radical (unpaired) electrons. The summed E-state index contributed by atoms with van der Waals surface area (Å²) in [5, 5.41) is 3.51. The fourth-order valence-electron chi connectivity index (χ4n) is 1.59. The van der Waals surface area contributed by atoms with E-state index in [1.54, 1.807) is 7.11 Å². The molecular formula is C11H23NO2. The maximum absolute atomic E-state index is 5.37. The predicted octanol–water partition coefficient (Wildman–Crippen LogP) is 1.43. The van der Waals surface area contributed by atoms with Crippen LogP contribution in [0.5, 0.6) is 0 Å². The van der Waals surface area contributed by atoms with Crippen LogP contribution < -0.4 is 5.32 Å². The summed E-state index contributed by atoms with van der Waals surface area (Å²) in [5.41, 5.74) is -0.0757. The van der Waals surface area contributed by atoms with Crippen molar-refractivity contribution in [1.29, 1.82) is 0 Å². The van der Waals surface area contributed by atoms with E-state index in [4.69, 9.17) is 9.47 Å². The van der Waals surface area contributed by atoms with Crippen LogP contribution >= 0.6 is 0 Å². The maximum Gasteiger partial charge on any atom is 0.0746 e. The Morgan fingerprint density at radius 1 is 1.57 bits per heavy atom. The van der Waals surface area contributed by atoms with Crippen LogP contribution in [0.25, 0.3) is 0 Å². The second kappa shape index (κ2) is 5.10. The molecule has 1 aliphatic heterocycles. The van der Waals surface area contributed by atoms with E-state index in [2.05, 4.69) is 26.1 Å². The second-order valence-corrected chi connectivity index (χ2v) is 4.76. The van der Waals surface area contributed by atoms with Crippen molar-refractivity contribution in [2.45, 2.75) is 38.8 Å². The third-order valence-corrected chi connectivity index (χ3v) is 3.07. The van der Waals surface area contributed by atoms with Gasteiger partial charge >= 0.3 is 0 Å². The molecular weight excluding hydrogens is 178 g/mol. The lowest BCUT2D eigenvalue weighted by molar-refractivity contribution is 0.0197. The van der Waals surface area contributed by atoms with Gasteiger partial charge in [0.15, 0.2) is 0 Å². The molecule has 1 fully saturated rings. The van der Waals surface area contributed by atoms with E-state index in [1.807, 2.05) is 0 Å². The Morgan fingerprint density at radius 2 is 2.29 bits per heavy atom. The van der Waals surface area contributed by atoms with Gasteiger partial charge < -0.3 is 14.8 Å². The topological polar surface area (TPSA) is 30.5 Å². The number of hydrogen-bond acceptors (Lipinski definition) is 3. The Hall–Kier alpha value is -0.120. The lowest BCUT2D eigenvalue weighted by Gasteiger charge is -2.27. The minimum atomic E-state index is -0.0757. The molecule has 1 saturated heterocycles. The van der Waals surface area contributed by atoms with Crippen LogP contribution in [0.15, 0.2) is 0 Å². The molecule has 3 heteroatoms. The molecule has 0 amide bonds. The normalized spacial score (nSPS) is 25.3. The molecule has 2 unspecified atom stereocenters. The fraction of sp³-hybridized carbons (Fsp3) is 1.00. The number of rotatable bonds is 5. The molecule has 0 aromatic heterocycles. The molecule has 1 heterocycles. The predicted molar refractivity (Wildman–Crippen MR) is 57.5 cm³/mol. The van der Waals surface area contributed by atoms with Crippen molar-refractivity contribution in [3.05, 3.63) is 0 Å². The maximum atomic E-state index is 5.37. The van der Waals surface area contributed by atoms with Crippen LogP contribution in [-0.4, -0.2) is 38.5 Å². The van der Waals surface area contributed by atoms with E-state index >= 15 is 0 Å². The van der Waals surface area contributed by atoms with E-state index in [0.717, 1.165) is 19.8 Å². The monoisotopic (exact) mass is 201 g/mol. The first-order chi connectivity index (χ1) is 6.55. The Bertz CT molecular complexity index is 165. The van der Waals surface area contributed by atoms with Crippen LogP contribution in [0.3, 0.4) is 0 Å². The molecule has 0 bridgehead atoms. The molecule has 0 aromatic carbocycles. The quantitative estimate of drug-likeness (QED) is 0.730. The third-order valence-electron chi connectivity index (χ3n) is 3.07. The van der Waals surface area contributed by atoms with Crippen LogP contribution in [0.1, 0.15) is 27.2 Å². The van der Waals surface area contributed by atoms with Gasteiger partial charge in [0.25, 0.3) is 0 Å². The minimum Gasteiger partial charge on any atom is -0.381 e. The molecule has 2 atom stereocenters. The standard InChI is InChI=1S/C11H23NO2/c1-9(10-5-6-14-7-10)12-8-11(2,3)13-4/h9-10,12H,5-8H2,1-4H3. The summed E-state index contributed by atoms with van der Waals surface area (Å²) >= 11 is 0. The SMILES string of the molecule is COC(C)(C)CNC(C)C1CCOC1. The van der Waals surface area contributed by atoms with Gasteiger partial charge in [0.1, 0.15) is 0 Å². The fourth-order valence-corrected chi connectivity index (χ4v) is 1.59. The molecule has 0 spiro atoms. The largest absolute Gasteiger partial charge is 0.381 e. The van der Waals surface area contributed by atoms with Crippen molar-refractivity contribution >= 4 is 0 Å². The van der Waals surface area contributed by atoms with Gasteiger partial charge in [-0.2, -0.15) is 0 Å². The molecule has 84 valence electrons. The molecule has 1 aliphatic rings. The number of hydrogen-bond donors (Lipinski definition) is 1. The summed E-state index contributed by atoms with van der Waals surface area (Å²) in [4.78, 5) is 0.